The van der Waals surface area contributed by atoms with Gasteiger partial charge in [-0.15, -0.1) is 0 Å². The first-order valence-electron chi connectivity index (χ1n) is 9.17. The summed E-state index contributed by atoms with van der Waals surface area (Å²) < 4.78 is 5.37. The molecule has 0 spiro atoms. The van der Waals surface area contributed by atoms with E-state index >= 15 is 0 Å². The molecular weight excluding hydrogens is 378 g/mol. The van der Waals surface area contributed by atoms with Gasteiger partial charge in [0.1, 0.15) is 17.8 Å². The normalized spacial score (nSPS) is 16.2. The first-order valence-corrected chi connectivity index (χ1v) is 9.17. The topological polar surface area (TPSA) is 127 Å². The molecule has 1 saturated heterocycles. The van der Waals surface area contributed by atoms with E-state index in [4.69, 9.17) is 4.74 Å². The molecule has 0 unspecified atom stereocenters. The number of amides is 2. The third-order valence-corrected chi connectivity index (χ3v) is 4.33. The Hall–Kier alpha value is -3.53. The average molecular weight is 399 g/mol. The maximum absolute atomic E-state index is 12.6. The molecule has 10 nitrogen and oxygen atoms in total. The molecule has 10 heteroatoms. The summed E-state index contributed by atoms with van der Waals surface area (Å²) in [7, 11) is 0. The summed E-state index contributed by atoms with van der Waals surface area (Å²) in [5, 5.41) is 16.7. The van der Waals surface area contributed by atoms with E-state index in [-0.39, 0.29) is 23.9 Å². The zero-order chi connectivity index (χ0) is 20.8. The molecule has 2 aromatic rings. The Morgan fingerprint density at radius 1 is 1.21 bits per heavy atom. The van der Waals surface area contributed by atoms with Gasteiger partial charge in [-0.2, -0.15) is 0 Å². The van der Waals surface area contributed by atoms with Gasteiger partial charge in [0.25, 0.3) is 11.6 Å². The van der Waals surface area contributed by atoms with Gasteiger partial charge >= 0.3 is 0 Å². The first kappa shape index (κ1) is 20.2. The van der Waals surface area contributed by atoms with Crippen molar-refractivity contribution in [2.24, 2.45) is 0 Å². The number of hydrogen-bond donors (Lipinski definition) is 2. The molecule has 152 valence electrons. The number of nitrogens with one attached hydrogen (secondary N) is 2. The number of aromatic nitrogens is 1. The minimum absolute atomic E-state index is 0.0851. The van der Waals surface area contributed by atoms with E-state index in [1.165, 1.54) is 23.2 Å². The van der Waals surface area contributed by atoms with Crippen molar-refractivity contribution in [2.45, 2.75) is 19.4 Å². The predicted octanol–water partition coefficient (Wildman–Crippen LogP) is 1.72. The summed E-state index contributed by atoms with van der Waals surface area (Å²) in [6.07, 6.45) is 1.26. The summed E-state index contributed by atoms with van der Waals surface area (Å²) in [6, 6.07) is 9.09. The fraction of sp³-hybridized carbons (Fsp3) is 0.316. The van der Waals surface area contributed by atoms with Crippen molar-refractivity contribution in [1.82, 2.24) is 10.3 Å². The van der Waals surface area contributed by atoms with Gasteiger partial charge < -0.3 is 15.4 Å². The second-order valence-corrected chi connectivity index (χ2v) is 6.29. The molecule has 2 N–H and O–H groups in total. The summed E-state index contributed by atoms with van der Waals surface area (Å²) in [5.41, 5.74) is 0.430. The highest BCUT2D eigenvalue weighted by atomic mass is 16.6. The zero-order valence-corrected chi connectivity index (χ0v) is 15.8. The van der Waals surface area contributed by atoms with Crippen LogP contribution in [-0.2, 0) is 9.59 Å². The smallest absolute Gasteiger partial charge is 0.287 e. The van der Waals surface area contributed by atoms with Crippen LogP contribution in [0.3, 0.4) is 0 Å². The van der Waals surface area contributed by atoms with E-state index in [9.17, 15) is 19.7 Å². The first-order chi connectivity index (χ1) is 14.0. The molecule has 0 radical (unpaired) electrons. The second-order valence-electron chi connectivity index (χ2n) is 6.29. The molecule has 1 atom stereocenters. The van der Waals surface area contributed by atoms with Crippen molar-refractivity contribution in [3.63, 3.8) is 0 Å². The highest BCUT2D eigenvalue weighted by Crippen LogP contribution is 2.25. The molecule has 2 amide bonds. The van der Waals surface area contributed by atoms with Crippen molar-refractivity contribution in [3.05, 3.63) is 52.7 Å². The van der Waals surface area contributed by atoms with Crippen LogP contribution in [0.2, 0.25) is 0 Å². The fourth-order valence-corrected chi connectivity index (χ4v) is 2.96. The Kier molecular flexibility index (Phi) is 6.35. The Morgan fingerprint density at radius 3 is 2.59 bits per heavy atom. The van der Waals surface area contributed by atoms with Crippen LogP contribution in [0.15, 0.2) is 42.6 Å². The number of carbonyl (C=O) groups is 2. The van der Waals surface area contributed by atoms with Crippen molar-refractivity contribution in [3.8, 4) is 5.75 Å². The molecule has 1 aliphatic heterocycles. The summed E-state index contributed by atoms with van der Waals surface area (Å²) in [6.45, 7) is 3.27. The van der Waals surface area contributed by atoms with Crippen LogP contribution in [-0.4, -0.2) is 47.5 Å². The summed E-state index contributed by atoms with van der Waals surface area (Å²) >= 11 is 0. The Balaban J connectivity index is 1.50. The standard InChI is InChI=1S/C19H21N5O5/c1-2-29-15-6-3-13(4-7-15)23-18(25)11-16(19(23)26)20-9-10-21-17-8-5-14(12-22-17)24(27)28/h3-8,12,16,20H,2,9-11H2,1H3,(H,21,22)/t16-/m0/s1. The third kappa shape index (κ3) is 4.85. The molecule has 2 heterocycles. The second kappa shape index (κ2) is 9.11. The SMILES string of the molecule is CCOc1ccc(N2C(=O)C[C@H](NCCNc3ccc([N+](=O)[O-])cn3)C2=O)cc1. The van der Waals surface area contributed by atoms with Crippen LogP contribution in [0.1, 0.15) is 13.3 Å². The lowest BCUT2D eigenvalue weighted by atomic mass is 10.2. The number of ether oxygens (including phenoxy) is 1. The number of carbonyl (C=O) groups excluding carboxylic acids is 2. The Bertz CT molecular complexity index is 885. The van der Waals surface area contributed by atoms with Gasteiger partial charge in [-0.25, -0.2) is 9.88 Å². The fourth-order valence-electron chi connectivity index (χ4n) is 2.96. The van der Waals surface area contributed by atoms with E-state index in [1.807, 2.05) is 6.92 Å². The quantitative estimate of drug-likeness (QED) is 0.282. The Labute approximate surface area is 167 Å². The largest absolute Gasteiger partial charge is 0.494 e. The number of nitrogens with zero attached hydrogens (tertiary/aromatic N) is 3. The van der Waals surface area contributed by atoms with Crippen molar-refractivity contribution < 1.29 is 19.2 Å². The maximum atomic E-state index is 12.6. The number of benzene rings is 1. The van der Waals surface area contributed by atoms with E-state index < -0.39 is 11.0 Å². The van der Waals surface area contributed by atoms with Crippen LogP contribution in [0.25, 0.3) is 0 Å². The maximum Gasteiger partial charge on any atom is 0.287 e. The van der Waals surface area contributed by atoms with Gasteiger partial charge in [-0.3, -0.25) is 19.7 Å². The van der Waals surface area contributed by atoms with Crippen molar-refractivity contribution >= 4 is 29.0 Å². The molecule has 1 aliphatic rings. The number of hydrogen-bond acceptors (Lipinski definition) is 8. The van der Waals surface area contributed by atoms with Crippen LogP contribution < -0.4 is 20.3 Å². The zero-order valence-electron chi connectivity index (χ0n) is 15.8. The predicted molar refractivity (Wildman–Crippen MR) is 106 cm³/mol. The number of nitro groups is 1. The number of rotatable bonds is 9. The molecule has 0 aliphatic carbocycles. The lowest BCUT2D eigenvalue weighted by molar-refractivity contribution is -0.385. The molecule has 1 fully saturated rings. The monoisotopic (exact) mass is 399 g/mol. The van der Waals surface area contributed by atoms with E-state index in [2.05, 4.69) is 15.6 Å². The van der Waals surface area contributed by atoms with Crippen LogP contribution in [0.5, 0.6) is 5.75 Å². The van der Waals surface area contributed by atoms with Gasteiger partial charge in [-0.1, -0.05) is 0 Å². The highest BCUT2D eigenvalue weighted by molar-refractivity contribution is 6.22. The van der Waals surface area contributed by atoms with Gasteiger partial charge in [0.2, 0.25) is 5.91 Å². The van der Waals surface area contributed by atoms with Gasteiger partial charge in [-0.05, 0) is 37.3 Å². The van der Waals surface area contributed by atoms with Gasteiger partial charge in [0.05, 0.1) is 29.7 Å². The minimum Gasteiger partial charge on any atom is -0.494 e. The Morgan fingerprint density at radius 2 is 1.97 bits per heavy atom. The molecule has 1 aromatic heterocycles. The van der Waals surface area contributed by atoms with Crippen molar-refractivity contribution in [1.29, 1.82) is 0 Å². The molecule has 3 rings (SSSR count). The van der Waals surface area contributed by atoms with Gasteiger partial charge in [0.15, 0.2) is 0 Å². The molecule has 0 saturated carbocycles. The lowest BCUT2D eigenvalue weighted by Gasteiger charge is -2.16. The van der Waals surface area contributed by atoms with Crippen LogP contribution in [0.4, 0.5) is 17.2 Å². The molecule has 0 bridgehead atoms. The molecule has 1 aromatic carbocycles. The number of anilines is 2. The third-order valence-electron chi connectivity index (χ3n) is 4.33. The van der Waals surface area contributed by atoms with E-state index in [1.54, 1.807) is 24.3 Å². The van der Waals surface area contributed by atoms with Crippen molar-refractivity contribution in [2.75, 3.05) is 29.9 Å². The minimum atomic E-state index is -0.597. The summed E-state index contributed by atoms with van der Waals surface area (Å²) in [5.74, 6) is 0.604. The van der Waals surface area contributed by atoms with E-state index in [0.717, 1.165) is 0 Å². The number of pyridine rings is 1. The highest BCUT2D eigenvalue weighted by Gasteiger charge is 2.39. The van der Waals surface area contributed by atoms with E-state index in [0.29, 0.717) is 37.0 Å². The average Bonchev–Trinajstić information content (AvgIpc) is 3.00. The molecular formula is C19H21N5O5. The lowest BCUT2D eigenvalue weighted by Crippen LogP contribution is -2.40. The van der Waals surface area contributed by atoms with Crippen LogP contribution in [0, 0.1) is 10.1 Å². The van der Waals surface area contributed by atoms with Gasteiger partial charge in [0, 0.05) is 19.2 Å². The number of imide groups is 1. The van der Waals surface area contributed by atoms with Crippen LogP contribution >= 0.6 is 0 Å². The summed E-state index contributed by atoms with van der Waals surface area (Å²) in [4.78, 5) is 40.1. The molecule has 29 heavy (non-hydrogen) atoms.